The summed E-state index contributed by atoms with van der Waals surface area (Å²) in [6.07, 6.45) is 0.0788. The Morgan fingerprint density at radius 3 is 2.08 bits per heavy atom. The molecule has 12 heavy (non-hydrogen) atoms. The predicted octanol–water partition coefficient (Wildman–Crippen LogP) is 2.35. The fraction of sp³-hybridized carbons (Fsp3) is 1.00. The second-order valence-corrected chi connectivity index (χ2v) is 3.66. The van der Waals surface area contributed by atoms with Gasteiger partial charge in [0.15, 0.2) is 0 Å². The van der Waals surface area contributed by atoms with Gasteiger partial charge < -0.3 is 17.8 Å². The molecule has 0 aliphatic rings. The summed E-state index contributed by atoms with van der Waals surface area (Å²) in [7, 11) is 1.51. The van der Waals surface area contributed by atoms with Crippen molar-refractivity contribution in [1.82, 2.24) is 4.90 Å². The van der Waals surface area contributed by atoms with Gasteiger partial charge >= 0.3 is 6.98 Å². The summed E-state index contributed by atoms with van der Waals surface area (Å²) < 4.78 is 35.6. The number of nitrogens with zero attached hydrogens (tertiary/aromatic N) is 1. The summed E-state index contributed by atoms with van der Waals surface area (Å²) >= 11 is 0. The summed E-state index contributed by atoms with van der Waals surface area (Å²) in [6, 6.07) is 0. The molecule has 0 aromatic carbocycles. The lowest BCUT2D eigenvalue weighted by Gasteiger charge is -2.24. The van der Waals surface area contributed by atoms with Gasteiger partial charge in [-0.25, -0.2) is 0 Å². The maximum atomic E-state index is 11.9. The van der Waals surface area contributed by atoms with Gasteiger partial charge in [0.2, 0.25) is 0 Å². The van der Waals surface area contributed by atoms with Crippen molar-refractivity contribution in [3.05, 3.63) is 0 Å². The first-order chi connectivity index (χ1) is 5.31. The first kappa shape index (κ1) is 11.8. The average molecular weight is 182 g/mol. The molecule has 0 bridgehead atoms. The van der Waals surface area contributed by atoms with Crippen molar-refractivity contribution >= 4 is 6.98 Å². The van der Waals surface area contributed by atoms with E-state index in [0.717, 1.165) is 6.42 Å². The van der Waals surface area contributed by atoms with E-state index in [2.05, 4.69) is 0 Å². The molecule has 0 rings (SSSR count). The van der Waals surface area contributed by atoms with Crippen molar-refractivity contribution in [3.63, 3.8) is 0 Å². The van der Waals surface area contributed by atoms with Gasteiger partial charge in [0, 0.05) is 0 Å². The van der Waals surface area contributed by atoms with Crippen molar-refractivity contribution in [2.75, 3.05) is 20.0 Å². The molecule has 0 aliphatic carbocycles. The van der Waals surface area contributed by atoms with Crippen molar-refractivity contribution < 1.29 is 12.9 Å². The van der Waals surface area contributed by atoms with E-state index in [9.17, 15) is 12.9 Å². The standard InChI is InChI=1S/C7H16BF3N/c1-7(2)4-5-12(3)6-8(9,10)11/h7H,4-6H2,1-3H3/q-1. The average Bonchev–Trinajstić information content (AvgIpc) is 1.79. The molecule has 5 heteroatoms. The summed E-state index contributed by atoms with van der Waals surface area (Å²) in [5.41, 5.74) is 0. The highest BCUT2D eigenvalue weighted by Gasteiger charge is 2.24. The van der Waals surface area contributed by atoms with E-state index in [0.29, 0.717) is 12.5 Å². The highest BCUT2D eigenvalue weighted by Crippen LogP contribution is 2.10. The minimum Gasteiger partial charge on any atom is -0.448 e. The zero-order valence-corrected chi connectivity index (χ0v) is 7.86. The van der Waals surface area contributed by atoms with E-state index in [-0.39, 0.29) is 0 Å². The molecule has 0 fully saturated rings. The number of halogens is 3. The predicted molar refractivity (Wildman–Crippen MR) is 46.0 cm³/mol. The molecule has 0 saturated carbocycles. The molecule has 1 nitrogen and oxygen atoms in total. The van der Waals surface area contributed by atoms with E-state index < -0.39 is 13.4 Å². The SMILES string of the molecule is CC(C)CCN(C)C[B-](F)(F)F. The van der Waals surface area contributed by atoms with Crippen molar-refractivity contribution in [2.45, 2.75) is 20.3 Å². The molecule has 0 radical (unpaired) electrons. The minimum absolute atomic E-state index is 0.466. The lowest BCUT2D eigenvalue weighted by atomic mass is 9.91. The Labute approximate surface area is 72.0 Å². The van der Waals surface area contributed by atoms with E-state index in [1.54, 1.807) is 0 Å². The Kier molecular flexibility index (Phi) is 4.67. The summed E-state index contributed by atoms with van der Waals surface area (Å²) in [4.78, 5) is 1.33. The maximum absolute atomic E-state index is 11.9. The van der Waals surface area contributed by atoms with Gasteiger partial charge in [0.25, 0.3) is 0 Å². The van der Waals surface area contributed by atoms with Crippen LogP contribution in [0.4, 0.5) is 12.9 Å². The van der Waals surface area contributed by atoms with Crippen LogP contribution in [-0.4, -0.2) is 31.9 Å². The first-order valence-corrected chi connectivity index (χ1v) is 4.21. The van der Waals surface area contributed by atoms with Gasteiger partial charge in [0.05, 0.1) is 0 Å². The lowest BCUT2D eigenvalue weighted by Crippen LogP contribution is -2.36. The van der Waals surface area contributed by atoms with Crippen molar-refractivity contribution in [3.8, 4) is 0 Å². The Morgan fingerprint density at radius 1 is 1.25 bits per heavy atom. The summed E-state index contributed by atoms with van der Waals surface area (Å²) in [6.45, 7) is -0.110. The van der Waals surface area contributed by atoms with E-state index >= 15 is 0 Å². The van der Waals surface area contributed by atoms with Crippen LogP contribution in [0.5, 0.6) is 0 Å². The van der Waals surface area contributed by atoms with Crippen LogP contribution >= 0.6 is 0 Å². The van der Waals surface area contributed by atoms with Crippen LogP contribution in [0.2, 0.25) is 0 Å². The molecule has 0 aliphatic heterocycles. The van der Waals surface area contributed by atoms with Crippen LogP contribution in [-0.2, 0) is 0 Å². The molecule has 0 saturated heterocycles. The van der Waals surface area contributed by atoms with Gasteiger partial charge in [-0.05, 0) is 32.4 Å². The van der Waals surface area contributed by atoms with Crippen LogP contribution in [0.25, 0.3) is 0 Å². The van der Waals surface area contributed by atoms with E-state index in [4.69, 9.17) is 0 Å². The van der Waals surface area contributed by atoms with Crippen LogP contribution in [0, 0.1) is 5.92 Å². The molecule has 0 unspecified atom stereocenters. The summed E-state index contributed by atoms with van der Waals surface area (Å²) in [5, 5.41) is 0. The Balaban J connectivity index is 3.53. The molecule has 0 heterocycles. The molecule has 74 valence electrons. The topological polar surface area (TPSA) is 3.24 Å². The minimum atomic E-state index is -4.65. The molecule has 0 N–H and O–H groups in total. The van der Waals surface area contributed by atoms with Gasteiger partial charge in [-0.2, -0.15) is 0 Å². The maximum Gasteiger partial charge on any atom is 0.492 e. The highest BCUT2D eigenvalue weighted by molar-refractivity contribution is 6.58. The molecular weight excluding hydrogens is 166 g/mol. The smallest absolute Gasteiger partial charge is 0.448 e. The van der Waals surface area contributed by atoms with Gasteiger partial charge in [0.1, 0.15) is 0 Å². The van der Waals surface area contributed by atoms with Gasteiger partial charge in [-0.3, -0.25) is 0 Å². The molecular formula is C7H16BF3N-. The molecule has 0 aromatic rings. The van der Waals surface area contributed by atoms with Crippen molar-refractivity contribution in [1.29, 1.82) is 0 Å². The van der Waals surface area contributed by atoms with Crippen LogP contribution in [0.3, 0.4) is 0 Å². The second-order valence-electron chi connectivity index (χ2n) is 3.66. The number of rotatable bonds is 5. The molecule has 0 spiro atoms. The summed E-state index contributed by atoms with van der Waals surface area (Å²) in [5.74, 6) is 0.466. The van der Waals surface area contributed by atoms with Gasteiger partial charge in [-0.15, -0.1) is 0 Å². The lowest BCUT2D eigenvalue weighted by molar-refractivity contribution is 0.309. The first-order valence-electron chi connectivity index (χ1n) is 4.21. The van der Waals surface area contributed by atoms with E-state index in [1.165, 1.54) is 11.9 Å². The number of hydrogen-bond donors (Lipinski definition) is 0. The Bertz CT molecular complexity index is 124. The highest BCUT2D eigenvalue weighted by atomic mass is 19.4. The fourth-order valence-electron chi connectivity index (χ4n) is 0.923. The van der Waals surface area contributed by atoms with Crippen molar-refractivity contribution in [2.24, 2.45) is 5.92 Å². The quantitative estimate of drug-likeness (QED) is 0.590. The third-order valence-electron chi connectivity index (χ3n) is 1.61. The largest absolute Gasteiger partial charge is 0.492 e. The Hall–Kier alpha value is -0.185. The molecule has 0 aromatic heterocycles. The molecule has 0 atom stereocenters. The third kappa shape index (κ3) is 7.92. The van der Waals surface area contributed by atoms with Gasteiger partial charge in [-0.1, -0.05) is 13.8 Å². The normalized spacial score (nSPS) is 13.0. The van der Waals surface area contributed by atoms with E-state index in [1.807, 2.05) is 13.8 Å². The van der Waals surface area contributed by atoms with Crippen LogP contribution in [0.1, 0.15) is 20.3 Å². The molecule has 0 amide bonds. The monoisotopic (exact) mass is 182 g/mol. The zero-order chi connectivity index (χ0) is 9.78. The number of hydrogen-bond acceptors (Lipinski definition) is 1. The zero-order valence-electron chi connectivity index (χ0n) is 7.86. The second kappa shape index (κ2) is 4.75. The van der Waals surface area contributed by atoms with Crippen LogP contribution in [0.15, 0.2) is 0 Å². The Morgan fingerprint density at radius 2 is 1.75 bits per heavy atom. The third-order valence-corrected chi connectivity index (χ3v) is 1.61. The fourth-order valence-corrected chi connectivity index (χ4v) is 0.923. The van der Waals surface area contributed by atoms with Crippen LogP contribution < -0.4 is 0 Å².